The van der Waals surface area contributed by atoms with Crippen LogP contribution in [0.15, 0.2) is 66.7 Å². The first-order valence-corrected chi connectivity index (χ1v) is 12.6. The van der Waals surface area contributed by atoms with Gasteiger partial charge < -0.3 is 19.1 Å². The first-order chi connectivity index (χ1) is 16.0. The summed E-state index contributed by atoms with van der Waals surface area (Å²) < 4.78 is 14.9. The molecule has 1 N–H and O–H groups in total. The van der Waals surface area contributed by atoms with Gasteiger partial charge in [0, 0.05) is 5.56 Å². The van der Waals surface area contributed by atoms with Gasteiger partial charge in [-0.25, -0.2) is 9.78 Å². The van der Waals surface area contributed by atoms with E-state index in [-0.39, 0.29) is 5.56 Å². The van der Waals surface area contributed by atoms with Crippen LogP contribution in [0, 0.1) is 3.57 Å². The first-order valence-electron chi connectivity index (χ1n) is 10.0. The van der Waals surface area contributed by atoms with Gasteiger partial charge in [0.1, 0.15) is 23.9 Å². The van der Waals surface area contributed by atoms with Crippen molar-refractivity contribution in [3.05, 3.63) is 81.7 Å². The van der Waals surface area contributed by atoms with Crippen molar-refractivity contribution in [1.29, 1.82) is 0 Å². The second kappa shape index (κ2) is 10.6. The predicted molar refractivity (Wildman–Crippen MR) is 146 cm³/mol. The number of nitrogens with zero attached hydrogens (tertiary/aromatic N) is 2. The summed E-state index contributed by atoms with van der Waals surface area (Å²) in [4.78, 5) is 16.5. The number of para-hydroxylation sites is 2. The minimum absolute atomic E-state index is 0.225. The van der Waals surface area contributed by atoms with Gasteiger partial charge in [0.05, 0.1) is 31.8 Å². The van der Waals surface area contributed by atoms with Gasteiger partial charge >= 0.3 is 5.97 Å². The van der Waals surface area contributed by atoms with Gasteiger partial charge in [0.2, 0.25) is 0 Å². The average molecular weight is 666 g/mol. The highest BCUT2D eigenvalue weighted by molar-refractivity contribution is 14.1. The molecule has 168 valence electrons. The minimum Gasteiger partial charge on any atom is -0.497 e. The highest BCUT2D eigenvalue weighted by atomic mass is 127. The number of carboxylic acids is 1. The van der Waals surface area contributed by atoms with Crippen LogP contribution < -0.4 is 9.47 Å². The number of hydrogen-bond donors (Lipinski definition) is 1. The Morgan fingerprint density at radius 3 is 2.58 bits per heavy atom. The third kappa shape index (κ3) is 5.01. The number of methoxy groups -OCH3 is 1. The van der Waals surface area contributed by atoms with E-state index >= 15 is 0 Å². The number of benzene rings is 3. The molecule has 0 aliphatic heterocycles. The van der Waals surface area contributed by atoms with Crippen LogP contribution in [-0.2, 0) is 4.55 Å². The molecule has 1 heterocycles. The molecule has 0 fully saturated rings. The van der Waals surface area contributed by atoms with E-state index in [0.717, 1.165) is 30.5 Å². The number of hydrogen-bond acceptors (Lipinski definition) is 4. The normalized spacial score (nSPS) is 11.2. The molecule has 0 atom stereocenters. The van der Waals surface area contributed by atoms with E-state index in [1.807, 2.05) is 54.6 Å². The van der Waals surface area contributed by atoms with Crippen molar-refractivity contribution in [2.24, 2.45) is 0 Å². The number of carbonyl (C=O) groups is 1. The lowest BCUT2D eigenvalue weighted by Crippen LogP contribution is -2.04. The number of aromatic carboxylic acids is 1. The number of fused-ring (bicyclic) bond motifs is 1. The molecule has 0 aliphatic carbocycles. The van der Waals surface area contributed by atoms with Gasteiger partial charge in [-0.05, 0) is 76.7 Å². The van der Waals surface area contributed by atoms with E-state index in [1.165, 1.54) is 0 Å². The molecule has 1 aromatic heterocycles. The molecule has 0 aliphatic rings. The Morgan fingerprint density at radius 1 is 1.12 bits per heavy atom. The zero-order chi connectivity index (χ0) is 23.4. The number of carboxylic acid groups (broad SMARTS) is 1. The van der Waals surface area contributed by atoms with Crippen molar-refractivity contribution in [2.75, 3.05) is 13.7 Å². The molecule has 0 radical (unpaired) electrons. The standard InChI is InChI=1S/C25H20I2N2O4/c1-32-17-10-8-16(9-11-17)23-18(25(30)31)12-13-21(24(23)27)33-14-4-7-22-28-19-5-2-3-6-20(19)29(22)15-26/h2-13H,14-15H2,1H3,(H,30,31). The monoisotopic (exact) mass is 666 g/mol. The molecule has 0 bridgehead atoms. The van der Waals surface area contributed by atoms with E-state index in [4.69, 9.17) is 9.47 Å². The van der Waals surface area contributed by atoms with Crippen LogP contribution in [-0.4, -0.2) is 34.3 Å². The molecule has 4 aromatic rings. The number of imidazole rings is 1. The van der Waals surface area contributed by atoms with Gasteiger partial charge in [0.25, 0.3) is 0 Å². The Hall–Kier alpha value is -2.60. The average Bonchev–Trinajstić information content (AvgIpc) is 3.19. The van der Waals surface area contributed by atoms with Gasteiger partial charge in [-0.15, -0.1) is 0 Å². The van der Waals surface area contributed by atoms with Crippen molar-refractivity contribution in [1.82, 2.24) is 9.55 Å². The van der Waals surface area contributed by atoms with Crippen molar-refractivity contribution >= 4 is 68.3 Å². The lowest BCUT2D eigenvalue weighted by molar-refractivity contribution is 0.0697. The Balaban J connectivity index is 1.58. The zero-order valence-electron chi connectivity index (χ0n) is 17.7. The van der Waals surface area contributed by atoms with Crippen LogP contribution >= 0.6 is 45.2 Å². The maximum atomic E-state index is 11.8. The number of alkyl halides is 1. The summed E-state index contributed by atoms with van der Waals surface area (Å²) in [6, 6.07) is 18.6. The van der Waals surface area contributed by atoms with Crippen molar-refractivity contribution in [3.8, 4) is 22.6 Å². The van der Waals surface area contributed by atoms with Gasteiger partial charge in [-0.1, -0.05) is 46.9 Å². The highest BCUT2D eigenvalue weighted by Crippen LogP contribution is 2.36. The molecule has 0 spiro atoms. The summed E-state index contributed by atoms with van der Waals surface area (Å²) in [5, 5.41) is 9.70. The molecule has 0 unspecified atom stereocenters. The fourth-order valence-corrected chi connectivity index (χ4v) is 5.18. The second-order valence-corrected chi connectivity index (χ2v) is 8.81. The summed E-state index contributed by atoms with van der Waals surface area (Å²) in [7, 11) is 1.60. The maximum absolute atomic E-state index is 11.8. The predicted octanol–water partition coefficient (Wildman–Crippen LogP) is 6.50. The lowest BCUT2D eigenvalue weighted by Gasteiger charge is -2.14. The summed E-state index contributed by atoms with van der Waals surface area (Å²) in [5.41, 5.74) is 3.68. The molecule has 6 nitrogen and oxygen atoms in total. The largest absolute Gasteiger partial charge is 0.497 e. The third-order valence-electron chi connectivity index (χ3n) is 5.12. The maximum Gasteiger partial charge on any atom is 0.336 e. The van der Waals surface area contributed by atoms with Crippen LogP contribution in [0.2, 0.25) is 0 Å². The van der Waals surface area contributed by atoms with Crippen LogP contribution in [0.5, 0.6) is 11.5 Å². The lowest BCUT2D eigenvalue weighted by atomic mass is 9.99. The minimum atomic E-state index is -0.983. The Labute approximate surface area is 218 Å². The smallest absolute Gasteiger partial charge is 0.336 e. The molecule has 3 aromatic carbocycles. The highest BCUT2D eigenvalue weighted by Gasteiger charge is 2.18. The summed E-state index contributed by atoms with van der Waals surface area (Å²) in [6.07, 6.45) is 3.86. The fraction of sp³-hybridized carbons (Fsp3) is 0.120. The Bertz CT molecular complexity index is 1330. The van der Waals surface area contributed by atoms with Gasteiger partial charge in [0.15, 0.2) is 0 Å². The molecule has 33 heavy (non-hydrogen) atoms. The van der Waals surface area contributed by atoms with Crippen LogP contribution in [0.1, 0.15) is 16.2 Å². The molecule has 8 heteroatoms. The molecule has 0 saturated heterocycles. The summed E-state index contributed by atoms with van der Waals surface area (Å²) in [6.45, 7) is 0.328. The van der Waals surface area contributed by atoms with E-state index in [9.17, 15) is 9.90 Å². The number of ether oxygens (including phenoxy) is 2. The van der Waals surface area contributed by atoms with E-state index in [1.54, 1.807) is 19.2 Å². The summed E-state index contributed by atoms with van der Waals surface area (Å²) >= 11 is 4.47. The second-order valence-electron chi connectivity index (χ2n) is 7.05. The molecular formula is C25H20I2N2O4. The third-order valence-corrected chi connectivity index (χ3v) is 6.87. The number of aromatic nitrogens is 2. The SMILES string of the molecule is COc1ccc(-c2c(C(=O)O)ccc(OCC=Cc3nc4ccccc4n3CI)c2I)cc1. The zero-order valence-corrected chi connectivity index (χ0v) is 22.0. The fourth-order valence-electron chi connectivity index (χ4n) is 3.52. The van der Waals surface area contributed by atoms with E-state index < -0.39 is 5.97 Å². The number of halogens is 2. The van der Waals surface area contributed by atoms with Crippen molar-refractivity contribution < 1.29 is 19.4 Å². The Morgan fingerprint density at radius 2 is 1.88 bits per heavy atom. The Kier molecular flexibility index (Phi) is 7.53. The molecular weight excluding hydrogens is 646 g/mol. The van der Waals surface area contributed by atoms with E-state index in [2.05, 4.69) is 60.8 Å². The first kappa shape index (κ1) is 23.6. The van der Waals surface area contributed by atoms with Crippen LogP contribution in [0.4, 0.5) is 0 Å². The topological polar surface area (TPSA) is 73.6 Å². The van der Waals surface area contributed by atoms with Gasteiger partial charge in [-0.3, -0.25) is 0 Å². The molecule has 4 rings (SSSR count). The van der Waals surface area contributed by atoms with Crippen molar-refractivity contribution in [2.45, 2.75) is 4.55 Å². The van der Waals surface area contributed by atoms with Crippen LogP contribution in [0.25, 0.3) is 28.2 Å². The summed E-state index contributed by atoms with van der Waals surface area (Å²) in [5.74, 6) is 1.21. The quantitative estimate of drug-likeness (QED) is 0.172. The van der Waals surface area contributed by atoms with Gasteiger partial charge in [-0.2, -0.15) is 0 Å². The molecule has 0 saturated carbocycles. The molecule has 0 amide bonds. The number of rotatable bonds is 8. The van der Waals surface area contributed by atoms with E-state index in [0.29, 0.717) is 23.7 Å². The van der Waals surface area contributed by atoms with Crippen molar-refractivity contribution in [3.63, 3.8) is 0 Å². The van der Waals surface area contributed by atoms with Crippen LogP contribution in [0.3, 0.4) is 0 Å².